The minimum atomic E-state index is 0.117. The summed E-state index contributed by atoms with van der Waals surface area (Å²) < 4.78 is 0.686. The molecule has 1 fully saturated rings. The number of nitrogens with zero attached hydrogens (tertiary/aromatic N) is 2. The van der Waals surface area contributed by atoms with Crippen LogP contribution in [0.25, 0.3) is 0 Å². The number of thioether (sulfide) groups is 1. The first-order chi connectivity index (χ1) is 9.54. The third-order valence-corrected chi connectivity index (χ3v) is 4.32. The molecule has 0 spiro atoms. The SMILES string of the molecule is CC[N+]1(Oc2cccc(C(=O)SCCN(C)C)c2)CC1. The fourth-order valence-electron chi connectivity index (χ4n) is 1.89. The van der Waals surface area contributed by atoms with Gasteiger partial charge >= 0.3 is 0 Å². The van der Waals surface area contributed by atoms with Crippen LogP contribution < -0.4 is 4.84 Å². The molecule has 0 N–H and O–H groups in total. The third kappa shape index (κ3) is 4.23. The van der Waals surface area contributed by atoms with Crippen molar-refractivity contribution in [3.05, 3.63) is 29.8 Å². The summed E-state index contributed by atoms with van der Waals surface area (Å²) in [6, 6.07) is 7.54. The Balaban J connectivity index is 1.93. The van der Waals surface area contributed by atoms with Crippen molar-refractivity contribution in [1.29, 1.82) is 0 Å². The van der Waals surface area contributed by atoms with Crippen molar-refractivity contribution in [2.45, 2.75) is 6.92 Å². The Morgan fingerprint density at radius 1 is 1.40 bits per heavy atom. The average Bonchev–Trinajstić information content (AvgIpc) is 3.19. The van der Waals surface area contributed by atoms with Crippen molar-refractivity contribution in [3.63, 3.8) is 0 Å². The van der Waals surface area contributed by atoms with Crippen molar-refractivity contribution in [2.24, 2.45) is 0 Å². The number of carbonyl (C=O) groups is 1. The van der Waals surface area contributed by atoms with Crippen molar-refractivity contribution < 1.29 is 14.3 Å². The molecule has 1 aliphatic rings. The number of hydroxylamine groups is 3. The van der Waals surface area contributed by atoms with Gasteiger partial charge in [-0.2, -0.15) is 0 Å². The largest absolute Gasteiger partial charge is 0.315 e. The number of rotatable bonds is 7. The van der Waals surface area contributed by atoms with Crippen LogP contribution in [-0.4, -0.2) is 60.7 Å². The topological polar surface area (TPSA) is 29.5 Å². The zero-order valence-corrected chi connectivity index (χ0v) is 13.3. The van der Waals surface area contributed by atoms with Crippen molar-refractivity contribution in [3.8, 4) is 5.75 Å². The highest BCUT2D eigenvalue weighted by molar-refractivity contribution is 8.14. The van der Waals surface area contributed by atoms with E-state index in [4.69, 9.17) is 4.84 Å². The Bertz CT molecular complexity index is 473. The molecule has 5 heteroatoms. The summed E-state index contributed by atoms with van der Waals surface area (Å²) in [5, 5.41) is 0.117. The second-order valence-corrected chi connectivity index (χ2v) is 6.45. The molecule has 0 aromatic heterocycles. The highest BCUT2D eigenvalue weighted by Crippen LogP contribution is 2.26. The van der Waals surface area contributed by atoms with Gasteiger partial charge in [0.05, 0.1) is 0 Å². The van der Waals surface area contributed by atoms with E-state index < -0.39 is 0 Å². The van der Waals surface area contributed by atoms with E-state index >= 15 is 0 Å². The molecule has 0 bridgehead atoms. The van der Waals surface area contributed by atoms with Crippen LogP contribution in [0.1, 0.15) is 17.3 Å². The molecule has 0 radical (unpaired) electrons. The number of carbonyl (C=O) groups excluding carboxylic acids is 1. The highest BCUT2D eigenvalue weighted by atomic mass is 32.2. The van der Waals surface area contributed by atoms with Crippen molar-refractivity contribution in [2.75, 3.05) is 46.0 Å². The molecular formula is C15H23N2O2S+. The molecular weight excluding hydrogens is 272 g/mol. The Labute approximate surface area is 125 Å². The summed E-state index contributed by atoms with van der Waals surface area (Å²) in [4.78, 5) is 20.2. The predicted molar refractivity (Wildman–Crippen MR) is 82.9 cm³/mol. The third-order valence-electron chi connectivity index (χ3n) is 3.44. The molecule has 20 heavy (non-hydrogen) atoms. The van der Waals surface area contributed by atoms with Gasteiger partial charge in [-0.05, 0) is 33.2 Å². The first kappa shape index (κ1) is 15.4. The van der Waals surface area contributed by atoms with Gasteiger partial charge in [-0.15, -0.1) is 4.65 Å². The maximum atomic E-state index is 12.1. The zero-order chi connectivity index (χ0) is 14.6. The molecule has 1 aliphatic heterocycles. The molecule has 1 aromatic carbocycles. The number of benzene rings is 1. The van der Waals surface area contributed by atoms with Crippen LogP contribution in [0.15, 0.2) is 24.3 Å². The molecule has 110 valence electrons. The van der Waals surface area contributed by atoms with Crippen LogP contribution in [0.5, 0.6) is 5.75 Å². The second kappa shape index (κ2) is 6.61. The lowest BCUT2D eigenvalue weighted by atomic mass is 10.2. The van der Waals surface area contributed by atoms with Gasteiger partial charge in [-0.1, -0.05) is 23.9 Å². The van der Waals surface area contributed by atoms with Crippen LogP contribution in [0, 0.1) is 0 Å². The van der Waals surface area contributed by atoms with Gasteiger partial charge in [0.2, 0.25) is 5.12 Å². The van der Waals surface area contributed by atoms with Gasteiger partial charge in [0.15, 0.2) is 18.8 Å². The van der Waals surface area contributed by atoms with E-state index in [0.717, 1.165) is 43.2 Å². The maximum absolute atomic E-state index is 12.1. The lowest BCUT2D eigenvalue weighted by molar-refractivity contribution is -0.971. The van der Waals surface area contributed by atoms with E-state index in [1.807, 2.05) is 38.4 Å². The number of hydrogen-bond acceptors (Lipinski definition) is 4. The minimum absolute atomic E-state index is 0.117. The monoisotopic (exact) mass is 295 g/mol. The maximum Gasteiger partial charge on any atom is 0.219 e. The Morgan fingerprint density at radius 3 is 2.75 bits per heavy atom. The van der Waals surface area contributed by atoms with Gasteiger partial charge in [0, 0.05) is 17.9 Å². The zero-order valence-electron chi connectivity index (χ0n) is 12.5. The minimum Gasteiger partial charge on any atom is -0.315 e. The summed E-state index contributed by atoms with van der Waals surface area (Å²) in [5.41, 5.74) is 0.724. The van der Waals surface area contributed by atoms with E-state index in [2.05, 4.69) is 11.8 Å². The lowest BCUT2D eigenvalue weighted by Crippen LogP contribution is -2.29. The Kier molecular flexibility index (Phi) is 5.07. The van der Waals surface area contributed by atoms with Crippen LogP contribution in [0.2, 0.25) is 0 Å². The first-order valence-corrected chi connectivity index (χ1v) is 8.01. The Hall–Kier alpha value is -1.04. The fraction of sp³-hybridized carbons (Fsp3) is 0.533. The Morgan fingerprint density at radius 2 is 2.15 bits per heavy atom. The van der Waals surface area contributed by atoms with E-state index in [-0.39, 0.29) is 5.12 Å². The molecule has 0 saturated carbocycles. The van der Waals surface area contributed by atoms with Gasteiger partial charge in [0.25, 0.3) is 0 Å². The van der Waals surface area contributed by atoms with E-state index in [9.17, 15) is 4.79 Å². The van der Waals surface area contributed by atoms with Crippen LogP contribution in [-0.2, 0) is 0 Å². The summed E-state index contributed by atoms with van der Waals surface area (Å²) >= 11 is 1.36. The van der Waals surface area contributed by atoms with Crippen LogP contribution in [0.3, 0.4) is 0 Å². The fourth-order valence-corrected chi connectivity index (χ4v) is 2.83. The second-order valence-electron chi connectivity index (χ2n) is 5.38. The van der Waals surface area contributed by atoms with Gasteiger partial charge < -0.3 is 9.74 Å². The molecule has 1 aromatic rings. The van der Waals surface area contributed by atoms with E-state index in [0.29, 0.717) is 4.65 Å². The summed E-state index contributed by atoms with van der Waals surface area (Å²) in [6.45, 7) is 6.12. The van der Waals surface area contributed by atoms with Gasteiger partial charge in [-0.3, -0.25) is 4.79 Å². The molecule has 0 aliphatic carbocycles. The summed E-state index contributed by atoms with van der Waals surface area (Å²) in [7, 11) is 4.02. The van der Waals surface area contributed by atoms with Crippen LogP contribution >= 0.6 is 11.8 Å². The molecule has 0 amide bonds. The van der Waals surface area contributed by atoms with Crippen molar-refractivity contribution >= 4 is 16.9 Å². The molecule has 4 nitrogen and oxygen atoms in total. The average molecular weight is 295 g/mol. The lowest BCUT2D eigenvalue weighted by Gasteiger charge is -2.15. The highest BCUT2D eigenvalue weighted by Gasteiger charge is 2.44. The molecule has 0 unspecified atom stereocenters. The number of likely N-dealkylation sites (N-methyl/N-ethyl adjacent to an activating group) is 1. The number of quaternary nitrogens is 1. The van der Waals surface area contributed by atoms with E-state index in [1.165, 1.54) is 11.8 Å². The normalized spacial score (nSPS) is 16.2. The molecule has 1 heterocycles. The van der Waals surface area contributed by atoms with E-state index in [1.54, 1.807) is 0 Å². The summed E-state index contributed by atoms with van der Waals surface area (Å²) in [6.07, 6.45) is 0. The summed E-state index contributed by atoms with van der Waals surface area (Å²) in [5.74, 6) is 1.61. The van der Waals surface area contributed by atoms with Crippen molar-refractivity contribution in [1.82, 2.24) is 4.90 Å². The smallest absolute Gasteiger partial charge is 0.219 e. The predicted octanol–water partition coefficient (Wildman–Crippen LogP) is 2.27. The quantitative estimate of drug-likeness (QED) is 0.570. The van der Waals surface area contributed by atoms with Gasteiger partial charge in [0.1, 0.15) is 6.54 Å². The molecule has 2 rings (SSSR count). The first-order valence-electron chi connectivity index (χ1n) is 7.02. The van der Waals surface area contributed by atoms with Crippen LogP contribution in [0.4, 0.5) is 0 Å². The molecule has 1 saturated heterocycles. The number of hydrogen-bond donors (Lipinski definition) is 0. The van der Waals surface area contributed by atoms with Gasteiger partial charge in [-0.25, -0.2) is 0 Å². The standard InChI is InChI=1S/C15H23N2O2S/c1-4-17(9-10-17)19-14-7-5-6-13(12-14)15(18)20-11-8-16(2)3/h5-7,12H,4,8-11H2,1-3H3/q+1. The molecule has 0 atom stereocenters.